The first-order chi connectivity index (χ1) is 8.80. The van der Waals surface area contributed by atoms with E-state index in [0.29, 0.717) is 0 Å². The summed E-state index contributed by atoms with van der Waals surface area (Å²) in [5.41, 5.74) is -6.42. The van der Waals surface area contributed by atoms with Gasteiger partial charge in [0.1, 0.15) is 0 Å². The molecule has 10 heteroatoms. The fraction of sp³-hybridized carbons (Fsp3) is 0.900. The Hall–Kier alpha value is -0.870. The smallest absolute Gasteiger partial charge is 0.464 e. The van der Waals surface area contributed by atoms with Crippen LogP contribution < -0.4 is 0 Å². The van der Waals surface area contributed by atoms with Crippen LogP contribution in [0.3, 0.4) is 0 Å². The van der Waals surface area contributed by atoms with Gasteiger partial charge in [0.15, 0.2) is 6.10 Å². The fourth-order valence-corrected chi connectivity index (χ4v) is 1.45. The molecule has 0 radical (unpaired) electrons. The third kappa shape index (κ3) is 6.53. The van der Waals surface area contributed by atoms with Crippen molar-refractivity contribution in [2.24, 2.45) is 0 Å². The molecule has 0 saturated heterocycles. The van der Waals surface area contributed by atoms with Crippen molar-refractivity contribution < 1.29 is 40.0 Å². The van der Waals surface area contributed by atoms with E-state index in [-0.39, 0.29) is 6.61 Å². The third-order valence-electron chi connectivity index (χ3n) is 1.74. The lowest BCUT2D eigenvalue weighted by atomic mass is 10.2. The van der Waals surface area contributed by atoms with E-state index in [9.17, 15) is 26.4 Å². The lowest BCUT2D eigenvalue weighted by Gasteiger charge is -2.23. The molecular formula is C10H17F3O6S. The number of esters is 1. The highest BCUT2D eigenvalue weighted by atomic mass is 32.2. The third-order valence-corrected chi connectivity index (χ3v) is 2.80. The minimum atomic E-state index is -5.91. The molecule has 0 aromatic heterocycles. The molecule has 0 amide bonds. The van der Waals surface area contributed by atoms with Crippen molar-refractivity contribution in [3.05, 3.63) is 0 Å². The predicted molar refractivity (Wildman–Crippen MR) is 62.2 cm³/mol. The highest BCUT2D eigenvalue weighted by Gasteiger charge is 2.50. The van der Waals surface area contributed by atoms with Crippen molar-refractivity contribution in [3.63, 3.8) is 0 Å². The minimum Gasteiger partial charge on any atom is -0.464 e. The maximum absolute atomic E-state index is 12.2. The summed E-state index contributed by atoms with van der Waals surface area (Å²) in [4.78, 5) is 11.4. The minimum absolute atomic E-state index is 0.139. The molecule has 0 aliphatic rings. The Labute approximate surface area is 115 Å². The molecule has 0 saturated carbocycles. The predicted octanol–water partition coefficient (Wildman–Crippen LogP) is 1.60. The van der Waals surface area contributed by atoms with E-state index >= 15 is 0 Å². The number of hydrogen-bond donors (Lipinski definition) is 0. The number of carbonyl (C=O) groups excluding carboxylic acids is 1. The SMILES string of the molecule is CCOC(=O)C(COC(C)(C)C)OS(=O)(=O)C(F)(F)F. The van der Waals surface area contributed by atoms with E-state index in [4.69, 9.17) is 4.74 Å². The van der Waals surface area contributed by atoms with Crippen LogP contribution in [0.5, 0.6) is 0 Å². The van der Waals surface area contributed by atoms with E-state index in [2.05, 4.69) is 8.92 Å². The summed E-state index contributed by atoms with van der Waals surface area (Å²) in [7, 11) is -5.91. The van der Waals surface area contributed by atoms with Crippen LogP contribution >= 0.6 is 0 Å². The van der Waals surface area contributed by atoms with Crippen molar-refractivity contribution in [1.82, 2.24) is 0 Å². The number of alkyl halides is 3. The van der Waals surface area contributed by atoms with Gasteiger partial charge in [-0.15, -0.1) is 0 Å². The van der Waals surface area contributed by atoms with E-state index in [1.165, 1.54) is 6.92 Å². The van der Waals surface area contributed by atoms with Crippen molar-refractivity contribution in [3.8, 4) is 0 Å². The van der Waals surface area contributed by atoms with Gasteiger partial charge in [-0.1, -0.05) is 0 Å². The van der Waals surface area contributed by atoms with Crippen LogP contribution in [0, 0.1) is 0 Å². The Morgan fingerprint density at radius 2 is 1.70 bits per heavy atom. The highest BCUT2D eigenvalue weighted by Crippen LogP contribution is 2.26. The van der Waals surface area contributed by atoms with Crippen LogP contribution in [0.25, 0.3) is 0 Å². The summed E-state index contributed by atoms with van der Waals surface area (Å²) in [6, 6.07) is 0. The molecule has 1 unspecified atom stereocenters. The molecule has 0 aliphatic carbocycles. The summed E-state index contributed by atoms with van der Waals surface area (Å²) in [5, 5.41) is 0. The number of ether oxygens (including phenoxy) is 2. The second kappa shape index (κ2) is 6.72. The molecule has 0 aromatic rings. The molecule has 0 heterocycles. The number of halogens is 3. The van der Waals surface area contributed by atoms with E-state index in [1.54, 1.807) is 20.8 Å². The second-order valence-electron chi connectivity index (χ2n) is 4.66. The largest absolute Gasteiger partial charge is 0.523 e. The lowest BCUT2D eigenvalue weighted by molar-refractivity contribution is -0.157. The molecule has 0 aromatic carbocycles. The van der Waals surface area contributed by atoms with Crippen LogP contribution in [-0.4, -0.2) is 44.8 Å². The lowest BCUT2D eigenvalue weighted by Crippen LogP contribution is -2.39. The Morgan fingerprint density at radius 1 is 1.20 bits per heavy atom. The monoisotopic (exact) mass is 322 g/mol. The summed E-state index contributed by atoms with van der Waals surface area (Å²) in [5.74, 6) is -1.25. The molecule has 1 atom stereocenters. The molecule has 0 N–H and O–H groups in total. The van der Waals surface area contributed by atoms with Gasteiger partial charge in [0.2, 0.25) is 0 Å². The highest BCUT2D eigenvalue weighted by molar-refractivity contribution is 7.87. The van der Waals surface area contributed by atoms with Crippen LogP contribution in [0.15, 0.2) is 0 Å². The van der Waals surface area contributed by atoms with Gasteiger partial charge >= 0.3 is 21.6 Å². The zero-order valence-electron chi connectivity index (χ0n) is 11.5. The first kappa shape index (κ1) is 19.1. The Kier molecular flexibility index (Phi) is 6.43. The fourth-order valence-electron chi connectivity index (χ4n) is 0.903. The molecular weight excluding hydrogens is 305 g/mol. The Balaban J connectivity index is 5.01. The van der Waals surface area contributed by atoms with Gasteiger partial charge in [0.25, 0.3) is 0 Å². The zero-order valence-corrected chi connectivity index (χ0v) is 12.3. The van der Waals surface area contributed by atoms with Crippen molar-refractivity contribution in [1.29, 1.82) is 0 Å². The van der Waals surface area contributed by atoms with Crippen molar-refractivity contribution in [2.75, 3.05) is 13.2 Å². The Bertz CT molecular complexity index is 423. The van der Waals surface area contributed by atoms with Crippen LogP contribution in [-0.2, 0) is 28.6 Å². The average molecular weight is 322 g/mol. The van der Waals surface area contributed by atoms with E-state index < -0.39 is 39.9 Å². The molecule has 0 fully saturated rings. The van der Waals surface area contributed by atoms with Gasteiger partial charge in [0.05, 0.1) is 18.8 Å². The maximum Gasteiger partial charge on any atom is 0.523 e. The second-order valence-corrected chi connectivity index (χ2v) is 6.22. The zero-order chi connectivity index (χ0) is 16.2. The normalized spacial score (nSPS) is 14.9. The van der Waals surface area contributed by atoms with Crippen molar-refractivity contribution >= 4 is 16.1 Å². The van der Waals surface area contributed by atoms with Gasteiger partial charge in [-0.05, 0) is 27.7 Å². The van der Waals surface area contributed by atoms with Gasteiger partial charge < -0.3 is 9.47 Å². The molecule has 6 nitrogen and oxygen atoms in total. The van der Waals surface area contributed by atoms with Gasteiger partial charge in [-0.25, -0.2) is 8.98 Å². The van der Waals surface area contributed by atoms with E-state index in [0.717, 1.165) is 0 Å². The summed E-state index contributed by atoms with van der Waals surface area (Å²) < 4.78 is 71.8. The standard InChI is InChI=1S/C10H17F3O6S/c1-5-17-8(14)7(6-18-9(2,3)4)19-20(15,16)10(11,12)13/h7H,5-6H2,1-4H3. The van der Waals surface area contributed by atoms with Gasteiger partial charge in [0, 0.05) is 0 Å². The van der Waals surface area contributed by atoms with Gasteiger partial charge in [-0.3, -0.25) is 0 Å². The molecule has 0 aliphatic heterocycles. The maximum atomic E-state index is 12.2. The summed E-state index contributed by atoms with van der Waals surface area (Å²) >= 11 is 0. The topological polar surface area (TPSA) is 78.9 Å². The summed E-state index contributed by atoms with van der Waals surface area (Å²) in [6.45, 7) is 5.32. The molecule has 20 heavy (non-hydrogen) atoms. The van der Waals surface area contributed by atoms with E-state index in [1.807, 2.05) is 0 Å². The Morgan fingerprint density at radius 3 is 2.05 bits per heavy atom. The first-order valence-electron chi connectivity index (χ1n) is 5.60. The molecule has 0 bridgehead atoms. The van der Waals surface area contributed by atoms with Crippen LogP contribution in [0.1, 0.15) is 27.7 Å². The molecule has 120 valence electrons. The van der Waals surface area contributed by atoms with Crippen molar-refractivity contribution in [2.45, 2.75) is 44.9 Å². The number of carbonyl (C=O) groups is 1. The first-order valence-corrected chi connectivity index (χ1v) is 7.01. The number of rotatable bonds is 6. The quantitative estimate of drug-likeness (QED) is 0.420. The average Bonchev–Trinajstić information content (AvgIpc) is 2.21. The van der Waals surface area contributed by atoms with Crippen LogP contribution in [0.2, 0.25) is 0 Å². The van der Waals surface area contributed by atoms with Crippen LogP contribution in [0.4, 0.5) is 13.2 Å². The van der Waals surface area contributed by atoms with Gasteiger partial charge in [-0.2, -0.15) is 21.6 Å². The number of hydrogen-bond acceptors (Lipinski definition) is 6. The molecule has 0 spiro atoms. The summed E-state index contributed by atoms with van der Waals surface area (Å²) in [6.07, 6.45) is -2.01. The molecule has 0 rings (SSSR count).